The molecule has 1 N–H and O–H groups in total. The molecular weight excluding hydrogens is 433 g/mol. The summed E-state index contributed by atoms with van der Waals surface area (Å²) in [6.07, 6.45) is 1.76. The number of hydrogen-bond donors (Lipinski definition) is 1. The van der Waals surface area contributed by atoms with Crippen molar-refractivity contribution in [2.75, 3.05) is 30.2 Å². The molecule has 0 aromatic heterocycles. The second-order valence-corrected chi connectivity index (χ2v) is 9.27. The average Bonchev–Trinajstić information content (AvgIpc) is 2.75. The summed E-state index contributed by atoms with van der Waals surface area (Å²) in [5, 5.41) is 2.73. The molecule has 2 aromatic rings. The van der Waals surface area contributed by atoms with Crippen LogP contribution in [0.3, 0.4) is 0 Å². The van der Waals surface area contributed by atoms with Gasteiger partial charge >= 0.3 is 0 Å². The number of hydrogen-bond acceptors (Lipinski definition) is 4. The lowest BCUT2D eigenvalue weighted by atomic mass is 10.1. The highest BCUT2D eigenvalue weighted by molar-refractivity contribution is 7.92. The van der Waals surface area contributed by atoms with Gasteiger partial charge in [0.05, 0.1) is 11.9 Å². The van der Waals surface area contributed by atoms with Gasteiger partial charge < -0.3 is 10.2 Å². The number of halogens is 1. The first kappa shape index (κ1) is 25.3. The lowest BCUT2D eigenvalue weighted by molar-refractivity contribution is -0.139. The van der Waals surface area contributed by atoms with E-state index in [1.54, 1.807) is 13.8 Å². The topological polar surface area (TPSA) is 86.8 Å². The van der Waals surface area contributed by atoms with Gasteiger partial charge in [0.25, 0.3) is 0 Å². The summed E-state index contributed by atoms with van der Waals surface area (Å²) in [6, 6.07) is 14.1. The van der Waals surface area contributed by atoms with Gasteiger partial charge in [-0.2, -0.15) is 0 Å². The van der Waals surface area contributed by atoms with E-state index < -0.39 is 34.3 Å². The Morgan fingerprint density at radius 2 is 1.66 bits per heavy atom. The van der Waals surface area contributed by atoms with Gasteiger partial charge in [-0.15, -0.1) is 0 Å². The van der Waals surface area contributed by atoms with Crippen molar-refractivity contribution < 1.29 is 22.4 Å². The Balaban J connectivity index is 2.35. The summed E-state index contributed by atoms with van der Waals surface area (Å²) in [5.41, 5.74) is 0.766. The summed E-state index contributed by atoms with van der Waals surface area (Å²) in [5.74, 6) is -1.64. The van der Waals surface area contributed by atoms with Crippen molar-refractivity contribution in [3.05, 3.63) is 66.0 Å². The van der Waals surface area contributed by atoms with E-state index in [0.29, 0.717) is 19.4 Å². The van der Waals surface area contributed by atoms with Crippen LogP contribution in [0.2, 0.25) is 0 Å². The van der Waals surface area contributed by atoms with Crippen molar-refractivity contribution in [2.45, 2.75) is 32.7 Å². The van der Waals surface area contributed by atoms with Gasteiger partial charge in [-0.05, 0) is 37.5 Å². The highest BCUT2D eigenvalue weighted by Gasteiger charge is 2.31. The number of nitrogens with zero attached hydrogens (tertiary/aromatic N) is 2. The Labute approximate surface area is 189 Å². The van der Waals surface area contributed by atoms with Gasteiger partial charge in [-0.3, -0.25) is 13.9 Å². The fourth-order valence-corrected chi connectivity index (χ4v) is 4.29. The number of anilines is 1. The van der Waals surface area contributed by atoms with Crippen LogP contribution in [0.4, 0.5) is 10.1 Å². The molecule has 1 atom stereocenters. The van der Waals surface area contributed by atoms with Gasteiger partial charge in [0, 0.05) is 13.1 Å². The van der Waals surface area contributed by atoms with Crippen molar-refractivity contribution in [2.24, 2.45) is 0 Å². The third-order valence-corrected chi connectivity index (χ3v) is 6.15. The van der Waals surface area contributed by atoms with Crippen LogP contribution in [-0.2, 0) is 26.0 Å². The van der Waals surface area contributed by atoms with Crippen LogP contribution in [-0.4, -0.2) is 57.1 Å². The molecule has 2 rings (SSSR count). The molecule has 174 valence electrons. The van der Waals surface area contributed by atoms with E-state index in [1.807, 2.05) is 30.3 Å². The number of amides is 2. The molecule has 0 aliphatic carbocycles. The van der Waals surface area contributed by atoms with E-state index >= 15 is 0 Å². The summed E-state index contributed by atoms with van der Waals surface area (Å²) in [7, 11) is -3.95. The highest BCUT2D eigenvalue weighted by Crippen LogP contribution is 2.22. The molecule has 0 spiro atoms. The number of sulfonamides is 1. The van der Waals surface area contributed by atoms with Crippen molar-refractivity contribution >= 4 is 27.5 Å². The Morgan fingerprint density at radius 3 is 2.22 bits per heavy atom. The number of benzene rings is 2. The van der Waals surface area contributed by atoms with Crippen LogP contribution < -0.4 is 9.62 Å². The third kappa shape index (κ3) is 6.78. The average molecular weight is 464 g/mol. The van der Waals surface area contributed by atoms with Crippen LogP contribution in [0.1, 0.15) is 25.8 Å². The molecular formula is C23H30FN3O4S. The van der Waals surface area contributed by atoms with Gasteiger partial charge in [0.1, 0.15) is 18.4 Å². The minimum absolute atomic E-state index is 0.211. The molecule has 0 saturated heterocycles. The van der Waals surface area contributed by atoms with E-state index in [1.165, 1.54) is 23.1 Å². The van der Waals surface area contributed by atoms with Crippen molar-refractivity contribution in [1.29, 1.82) is 0 Å². The summed E-state index contributed by atoms with van der Waals surface area (Å²) in [4.78, 5) is 27.4. The minimum Gasteiger partial charge on any atom is -0.355 e. The number of likely N-dealkylation sites (N-methyl/N-ethyl adjacent to an activating group) is 1. The SMILES string of the molecule is CCNC(=O)[C@@H](CC)N(CCc1ccccc1)C(=O)CN(c1ccccc1F)S(C)(=O)=O. The normalized spacial score (nSPS) is 12.1. The molecule has 0 saturated carbocycles. The summed E-state index contributed by atoms with van der Waals surface area (Å²) in [6.45, 7) is 3.58. The fourth-order valence-electron chi connectivity index (χ4n) is 3.44. The second kappa shape index (κ2) is 11.6. The van der Waals surface area contributed by atoms with Gasteiger partial charge in [0.2, 0.25) is 21.8 Å². The molecule has 0 fully saturated rings. The Kier molecular flexibility index (Phi) is 9.19. The quantitative estimate of drug-likeness (QED) is 0.555. The maximum Gasteiger partial charge on any atom is 0.244 e. The van der Waals surface area contributed by atoms with E-state index in [9.17, 15) is 22.4 Å². The lowest BCUT2D eigenvalue weighted by Crippen LogP contribution is -2.53. The Morgan fingerprint density at radius 1 is 1.03 bits per heavy atom. The molecule has 32 heavy (non-hydrogen) atoms. The molecule has 9 heteroatoms. The predicted octanol–water partition coefficient (Wildman–Crippen LogP) is 2.58. The minimum atomic E-state index is -3.95. The lowest BCUT2D eigenvalue weighted by Gasteiger charge is -2.32. The van der Waals surface area contributed by atoms with Gasteiger partial charge in [0.15, 0.2) is 0 Å². The van der Waals surface area contributed by atoms with Crippen LogP contribution in [0.15, 0.2) is 54.6 Å². The van der Waals surface area contributed by atoms with Crippen molar-refractivity contribution in [1.82, 2.24) is 10.2 Å². The zero-order chi connectivity index (χ0) is 23.7. The molecule has 0 aliphatic rings. The summed E-state index contributed by atoms with van der Waals surface area (Å²) >= 11 is 0. The fraction of sp³-hybridized carbons (Fsp3) is 0.391. The zero-order valence-corrected chi connectivity index (χ0v) is 19.4. The first-order valence-corrected chi connectivity index (χ1v) is 12.4. The molecule has 0 aliphatic heterocycles. The second-order valence-electron chi connectivity index (χ2n) is 7.36. The number of nitrogens with one attached hydrogen (secondary N) is 1. The standard InChI is InChI=1S/C23H30FN3O4S/c1-4-20(23(29)25-5-2)26(16-15-18-11-7-6-8-12-18)22(28)17-27(32(3,30)31)21-14-10-9-13-19(21)24/h6-14,20H,4-5,15-17H2,1-3H3,(H,25,29)/t20-/m1/s1. The van der Waals surface area contributed by atoms with Crippen LogP contribution >= 0.6 is 0 Å². The van der Waals surface area contributed by atoms with Crippen molar-refractivity contribution in [3.8, 4) is 0 Å². The molecule has 0 radical (unpaired) electrons. The molecule has 2 amide bonds. The first-order valence-electron chi connectivity index (χ1n) is 10.5. The Bertz CT molecular complexity index is 1010. The smallest absolute Gasteiger partial charge is 0.244 e. The van der Waals surface area contributed by atoms with E-state index in [-0.39, 0.29) is 18.1 Å². The third-order valence-electron chi connectivity index (χ3n) is 5.02. The van der Waals surface area contributed by atoms with Crippen molar-refractivity contribution in [3.63, 3.8) is 0 Å². The van der Waals surface area contributed by atoms with E-state index in [4.69, 9.17) is 0 Å². The number of para-hydroxylation sites is 1. The molecule has 0 heterocycles. The van der Waals surface area contributed by atoms with E-state index in [0.717, 1.165) is 22.2 Å². The largest absolute Gasteiger partial charge is 0.355 e. The van der Waals surface area contributed by atoms with Crippen LogP contribution in [0.5, 0.6) is 0 Å². The molecule has 7 nitrogen and oxygen atoms in total. The Hall–Kier alpha value is -2.94. The van der Waals surface area contributed by atoms with E-state index in [2.05, 4.69) is 5.32 Å². The maximum absolute atomic E-state index is 14.3. The maximum atomic E-state index is 14.3. The number of carbonyl (C=O) groups is 2. The van der Waals surface area contributed by atoms with Crippen LogP contribution in [0, 0.1) is 5.82 Å². The molecule has 2 aromatic carbocycles. The zero-order valence-electron chi connectivity index (χ0n) is 18.6. The highest BCUT2D eigenvalue weighted by atomic mass is 32.2. The molecule has 0 unspecified atom stereocenters. The van der Waals surface area contributed by atoms with Crippen LogP contribution in [0.25, 0.3) is 0 Å². The molecule has 0 bridgehead atoms. The number of carbonyl (C=O) groups excluding carboxylic acids is 2. The predicted molar refractivity (Wildman–Crippen MR) is 123 cm³/mol. The van der Waals surface area contributed by atoms with Gasteiger partial charge in [-0.25, -0.2) is 12.8 Å². The number of rotatable bonds is 11. The monoisotopic (exact) mass is 463 g/mol. The summed E-state index contributed by atoms with van der Waals surface area (Å²) < 4.78 is 39.9. The van der Waals surface area contributed by atoms with Gasteiger partial charge in [-0.1, -0.05) is 49.4 Å². The first-order chi connectivity index (χ1) is 15.2.